The van der Waals surface area contributed by atoms with E-state index in [2.05, 4.69) is 15.8 Å². The first-order chi connectivity index (χ1) is 11.5. The molecule has 3 unspecified atom stereocenters. The average molecular weight is 335 g/mol. The van der Waals surface area contributed by atoms with Crippen molar-refractivity contribution in [3.63, 3.8) is 0 Å². The first kappa shape index (κ1) is 17.0. The minimum absolute atomic E-state index is 0.0329. The maximum absolute atomic E-state index is 12.6. The molecular weight excluding hydrogens is 310 g/mol. The molecule has 132 valence electrons. The number of fused-ring (bicyclic) bond motifs is 2. The third-order valence-electron chi connectivity index (χ3n) is 4.97. The van der Waals surface area contributed by atoms with E-state index in [1.807, 2.05) is 13.8 Å². The van der Waals surface area contributed by atoms with Gasteiger partial charge in [-0.05, 0) is 38.5 Å². The number of nitrogens with zero attached hydrogens (tertiary/aromatic N) is 1. The van der Waals surface area contributed by atoms with Crippen LogP contribution < -0.4 is 10.6 Å². The van der Waals surface area contributed by atoms with E-state index in [1.54, 1.807) is 6.07 Å². The van der Waals surface area contributed by atoms with Gasteiger partial charge in [0.05, 0.1) is 18.7 Å². The molecule has 3 atom stereocenters. The van der Waals surface area contributed by atoms with Gasteiger partial charge in [-0.15, -0.1) is 0 Å². The van der Waals surface area contributed by atoms with Gasteiger partial charge < -0.3 is 19.9 Å². The Bertz CT molecular complexity index is 605. The molecule has 2 bridgehead atoms. The Balaban J connectivity index is 1.46. The summed E-state index contributed by atoms with van der Waals surface area (Å²) in [5.74, 6) is 0.891. The molecule has 2 heterocycles. The molecule has 1 saturated heterocycles. The van der Waals surface area contributed by atoms with Crippen molar-refractivity contribution in [3.8, 4) is 0 Å². The summed E-state index contributed by atoms with van der Waals surface area (Å²) in [6.07, 6.45) is 3.59. The fourth-order valence-corrected chi connectivity index (χ4v) is 3.50. The molecule has 3 rings (SSSR count). The Morgan fingerprint density at radius 3 is 2.88 bits per heavy atom. The van der Waals surface area contributed by atoms with Gasteiger partial charge in [0, 0.05) is 18.7 Å². The number of aryl methyl sites for hydroxylation is 1. The molecule has 7 heteroatoms. The van der Waals surface area contributed by atoms with Crippen molar-refractivity contribution in [1.82, 2.24) is 15.8 Å². The van der Waals surface area contributed by atoms with Gasteiger partial charge in [0.2, 0.25) is 5.91 Å². The van der Waals surface area contributed by atoms with Gasteiger partial charge in [0.1, 0.15) is 11.4 Å². The number of ether oxygens (including phenoxy) is 1. The van der Waals surface area contributed by atoms with Crippen LogP contribution in [0.15, 0.2) is 10.6 Å². The fourth-order valence-electron chi connectivity index (χ4n) is 3.50. The van der Waals surface area contributed by atoms with Crippen molar-refractivity contribution in [2.45, 2.75) is 57.6 Å². The molecule has 0 aromatic carbocycles. The summed E-state index contributed by atoms with van der Waals surface area (Å²) in [7, 11) is 0. The van der Waals surface area contributed by atoms with Gasteiger partial charge in [-0.3, -0.25) is 9.59 Å². The van der Waals surface area contributed by atoms with E-state index >= 15 is 0 Å². The summed E-state index contributed by atoms with van der Waals surface area (Å²) in [6.45, 7) is 4.89. The second-order valence-corrected chi connectivity index (χ2v) is 6.91. The molecule has 1 aliphatic carbocycles. The molecular formula is C17H25N3O4. The van der Waals surface area contributed by atoms with Gasteiger partial charge in [-0.25, -0.2) is 0 Å². The maximum atomic E-state index is 12.6. The highest BCUT2D eigenvalue weighted by Crippen LogP contribution is 2.44. The highest BCUT2D eigenvalue weighted by Gasteiger charge is 2.51. The maximum Gasteiger partial charge on any atom is 0.252 e. The van der Waals surface area contributed by atoms with Crippen molar-refractivity contribution in [1.29, 1.82) is 0 Å². The second-order valence-electron chi connectivity index (χ2n) is 6.91. The lowest BCUT2D eigenvalue weighted by Gasteiger charge is -2.28. The van der Waals surface area contributed by atoms with E-state index in [1.165, 1.54) is 0 Å². The van der Waals surface area contributed by atoms with Gasteiger partial charge in [0.15, 0.2) is 0 Å². The summed E-state index contributed by atoms with van der Waals surface area (Å²) in [5, 5.41) is 9.64. The molecule has 2 amide bonds. The number of carbonyl (C=O) groups is 2. The number of nitrogens with one attached hydrogen (secondary N) is 2. The van der Waals surface area contributed by atoms with Crippen LogP contribution in [0, 0.1) is 12.8 Å². The van der Waals surface area contributed by atoms with Crippen LogP contribution >= 0.6 is 0 Å². The number of rotatable bonds is 7. The Labute approximate surface area is 141 Å². The van der Waals surface area contributed by atoms with Crippen LogP contribution in [0.4, 0.5) is 0 Å². The predicted octanol–water partition coefficient (Wildman–Crippen LogP) is 1.11. The SMILES string of the molecule is CCC(CNC(=O)Cc1cc(C)no1)NC(=O)C12CCC(CO1)C2. The molecule has 2 N–H and O–H groups in total. The molecule has 0 radical (unpaired) electrons. The number of carbonyl (C=O) groups excluding carboxylic acids is 2. The molecule has 2 fully saturated rings. The third-order valence-corrected chi connectivity index (χ3v) is 4.97. The predicted molar refractivity (Wildman–Crippen MR) is 86.2 cm³/mol. The van der Waals surface area contributed by atoms with E-state index in [-0.39, 0.29) is 24.3 Å². The molecule has 24 heavy (non-hydrogen) atoms. The third kappa shape index (κ3) is 3.61. The van der Waals surface area contributed by atoms with E-state index in [0.29, 0.717) is 24.8 Å². The Hall–Kier alpha value is -1.89. The van der Waals surface area contributed by atoms with Crippen molar-refractivity contribution < 1.29 is 18.8 Å². The summed E-state index contributed by atoms with van der Waals surface area (Å²) in [5.41, 5.74) is 0.126. The normalized spacial score (nSPS) is 26.3. The zero-order valence-electron chi connectivity index (χ0n) is 14.3. The van der Waals surface area contributed by atoms with E-state index < -0.39 is 5.60 Å². The van der Waals surface area contributed by atoms with Crippen LogP contribution in [0.2, 0.25) is 0 Å². The molecule has 1 aliphatic heterocycles. The zero-order valence-corrected chi connectivity index (χ0v) is 14.3. The number of hydrogen-bond donors (Lipinski definition) is 2. The van der Waals surface area contributed by atoms with Crippen molar-refractivity contribution in [2.75, 3.05) is 13.2 Å². The van der Waals surface area contributed by atoms with Crippen LogP contribution in [-0.4, -0.2) is 41.8 Å². The highest BCUT2D eigenvalue weighted by molar-refractivity contribution is 5.86. The molecule has 0 spiro atoms. The largest absolute Gasteiger partial charge is 0.365 e. The van der Waals surface area contributed by atoms with Crippen molar-refractivity contribution in [2.24, 2.45) is 5.92 Å². The summed E-state index contributed by atoms with van der Waals surface area (Å²) in [6, 6.07) is 1.64. The lowest BCUT2D eigenvalue weighted by atomic mass is 10.0. The quantitative estimate of drug-likeness (QED) is 0.778. The van der Waals surface area contributed by atoms with Crippen molar-refractivity contribution in [3.05, 3.63) is 17.5 Å². The van der Waals surface area contributed by atoms with Gasteiger partial charge >= 0.3 is 0 Å². The standard InChI is InChI=1S/C17H25N3O4/c1-3-13(9-18-15(21)7-14-6-11(2)20-24-14)19-16(22)17-5-4-12(8-17)10-23-17/h6,12-13H,3-5,7-10H2,1-2H3,(H,18,21)(H,19,22). The summed E-state index contributed by atoms with van der Waals surface area (Å²) >= 11 is 0. The second kappa shape index (κ2) is 6.93. The topological polar surface area (TPSA) is 93.5 Å². The number of aromatic nitrogens is 1. The van der Waals surface area contributed by atoms with Crippen LogP contribution in [-0.2, 0) is 20.7 Å². The lowest BCUT2D eigenvalue weighted by molar-refractivity contribution is -0.143. The monoisotopic (exact) mass is 335 g/mol. The van der Waals surface area contributed by atoms with Crippen LogP contribution in [0.3, 0.4) is 0 Å². The molecule has 7 nitrogen and oxygen atoms in total. The van der Waals surface area contributed by atoms with Crippen molar-refractivity contribution >= 4 is 11.8 Å². The minimum atomic E-state index is -0.626. The number of amides is 2. The van der Waals surface area contributed by atoms with Gasteiger partial charge in [-0.2, -0.15) is 0 Å². The molecule has 2 aliphatic rings. The molecule has 1 saturated carbocycles. The van der Waals surface area contributed by atoms with E-state index in [4.69, 9.17) is 9.26 Å². The number of hydrogen-bond acceptors (Lipinski definition) is 5. The summed E-state index contributed by atoms with van der Waals surface area (Å²) in [4.78, 5) is 24.5. The Morgan fingerprint density at radius 2 is 2.33 bits per heavy atom. The zero-order chi connectivity index (χ0) is 17.2. The fraction of sp³-hybridized carbons (Fsp3) is 0.706. The first-order valence-corrected chi connectivity index (χ1v) is 8.64. The van der Waals surface area contributed by atoms with Crippen LogP contribution in [0.1, 0.15) is 44.1 Å². The van der Waals surface area contributed by atoms with Crippen LogP contribution in [0.5, 0.6) is 0 Å². The van der Waals surface area contributed by atoms with Crippen LogP contribution in [0.25, 0.3) is 0 Å². The first-order valence-electron chi connectivity index (χ1n) is 8.64. The Kier molecular flexibility index (Phi) is 4.89. The lowest BCUT2D eigenvalue weighted by Crippen LogP contribution is -2.52. The minimum Gasteiger partial charge on any atom is -0.365 e. The summed E-state index contributed by atoms with van der Waals surface area (Å²) < 4.78 is 10.8. The van der Waals surface area contributed by atoms with Gasteiger partial charge in [0.25, 0.3) is 5.91 Å². The average Bonchev–Trinajstić information content (AvgIpc) is 3.28. The highest BCUT2D eigenvalue weighted by atomic mass is 16.5. The van der Waals surface area contributed by atoms with E-state index in [9.17, 15) is 9.59 Å². The molecule has 1 aromatic heterocycles. The molecule has 1 aromatic rings. The smallest absolute Gasteiger partial charge is 0.252 e. The van der Waals surface area contributed by atoms with E-state index in [0.717, 1.165) is 31.4 Å². The Morgan fingerprint density at radius 1 is 1.50 bits per heavy atom. The van der Waals surface area contributed by atoms with Gasteiger partial charge in [-0.1, -0.05) is 12.1 Å².